The van der Waals surface area contributed by atoms with Crippen molar-refractivity contribution >= 4 is 5.97 Å². The summed E-state index contributed by atoms with van der Waals surface area (Å²) in [6.45, 7) is 3.10. The van der Waals surface area contributed by atoms with Crippen molar-refractivity contribution in [3.63, 3.8) is 0 Å². The molecule has 0 aromatic heterocycles. The third-order valence-electron chi connectivity index (χ3n) is 3.31. The molecule has 1 aromatic rings. The van der Waals surface area contributed by atoms with Gasteiger partial charge in [0.25, 0.3) is 0 Å². The summed E-state index contributed by atoms with van der Waals surface area (Å²) in [5, 5.41) is 0. The Labute approximate surface area is 96.0 Å². The molecule has 2 atom stereocenters. The second-order valence-electron chi connectivity index (χ2n) is 4.15. The highest BCUT2D eigenvalue weighted by molar-refractivity contribution is 5.76. The van der Waals surface area contributed by atoms with Crippen LogP contribution in [0.5, 0.6) is 0 Å². The van der Waals surface area contributed by atoms with E-state index in [4.69, 9.17) is 4.74 Å². The lowest BCUT2D eigenvalue weighted by atomic mass is 9.96. The van der Waals surface area contributed by atoms with Gasteiger partial charge in [0.2, 0.25) is 0 Å². The Bertz CT molecular complexity index is 363. The fourth-order valence-corrected chi connectivity index (χ4v) is 2.18. The first-order chi connectivity index (χ1) is 7.74. The van der Waals surface area contributed by atoms with Crippen LogP contribution in [-0.4, -0.2) is 30.6 Å². The summed E-state index contributed by atoms with van der Waals surface area (Å²) in [5.74, 6) is -0.117. The summed E-state index contributed by atoms with van der Waals surface area (Å²) < 4.78 is 4.79. The Kier molecular flexibility index (Phi) is 3.25. The zero-order valence-electron chi connectivity index (χ0n) is 9.72. The summed E-state index contributed by atoms with van der Waals surface area (Å²) in [7, 11) is 1.45. The molecule has 1 aliphatic heterocycles. The lowest BCUT2D eigenvalue weighted by Crippen LogP contribution is -2.53. The van der Waals surface area contributed by atoms with Crippen LogP contribution in [0.1, 0.15) is 24.9 Å². The molecule has 16 heavy (non-hydrogen) atoms. The van der Waals surface area contributed by atoms with Crippen molar-refractivity contribution in [3.05, 3.63) is 35.9 Å². The van der Waals surface area contributed by atoms with Gasteiger partial charge >= 0.3 is 5.97 Å². The first kappa shape index (κ1) is 11.1. The van der Waals surface area contributed by atoms with E-state index < -0.39 is 0 Å². The molecule has 1 aliphatic rings. The molecule has 0 aliphatic carbocycles. The molecular formula is C13H17NO2. The van der Waals surface area contributed by atoms with Gasteiger partial charge in [0.1, 0.15) is 6.04 Å². The summed E-state index contributed by atoms with van der Waals surface area (Å²) in [5.41, 5.74) is 1.25. The van der Waals surface area contributed by atoms with Gasteiger partial charge in [-0.1, -0.05) is 30.3 Å². The van der Waals surface area contributed by atoms with Gasteiger partial charge in [0.15, 0.2) is 0 Å². The molecule has 0 radical (unpaired) electrons. The van der Waals surface area contributed by atoms with E-state index >= 15 is 0 Å². The smallest absolute Gasteiger partial charge is 0.323 e. The van der Waals surface area contributed by atoms with Crippen molar-refractivity contribution < 1.29 is 9.53 Å². The monoisotopic (exact) mass is 219 g/mol. The van der Waals surface area contributed by atoms with Crippen LogP contribution in [0, 0.1) is 0 Å². The Morgan fingerprint density at radius 3 is 2.62 bits per heavy atom. The van der Waals surface area contributed by atoms with Crippen LogP contribution in [0.2, 0.25) is 0 Å². The Hall–Kier alpha value is -1.35. The van der Waals surface area contributed by atoms with E-state index in [1.807, 2.05) is 18.2 Å². The van der Waals surface area contributed by atoms with Crippen LogP contribution in [0.25, 0.3) is 0 Å². The molecule has 1 saturated heterocycles. The van der Waals surface area contributed by atoms with Crippen molar-refractivity contribution in [2.24, 2.45) is 0 Å². The number of rotatable bonds is 3. The van der Waals surface area contributed by atoms with E-state index in [0.29, 0.717) is 0 Å². The topological polar surface area (TPSA) is 29.5 Å². The van der Waals surface area contributed by atoms with E-state index in [-0.39, 0.29) is 18.1 Å². The lowest BCUT2D eigenvalue weighted by Gasteiger charge is -2.43. The molecule has 0 spiro atoms. The van der Waals surface area contributed by atoms with Crippen molar-refractivity contribution in [1.82, 2.24) is 4.90 Å². The van der Waals surface area contributed by atoms with Crippen molar-refractivity contribution in [2.75, 3.05) is 13.7 Å². The van der Waals surface area contributed by atoms with Crippen LogP contribution in [0.3, 0.4) is 0 Å². The van der Waals surface area contributed by atoms with Crippen molar-refractivity contribution in [3.8, 4) is 0 Å². The standard InChI is InChI=1S/C13H17NO2/c1-10(11-6-4-3-5-7-11)14-9-8-12(14)13(15)16-2/h3-7,10,12H,8-9H2,1-2H3/t10-,12?/m0/s1. The predicted molar refractivity (Wildman–Crippen MR) is 62.0 cm³/mol. The highest BCUT2D eigenvalue weighted by Gasteiger charge is 2.38. The first-order valence-corrected chi connectivity index (χ1v) is 5.62. The zero-order valence-corrected chi connectivity index (χ0v) is 9.72. The predicted octanol–water partition coefficient (Wildman–Crippen LogP) is 1.99. The van der Waals surface area contributed by atoms with E-state index in [2.05, 4.69) is 24.0 Å². The molecule has 3 nitrogen and oxygen atoms in total. The Morgan fingerprint density at radius 2 is 2.12 bits per heavy atom. The number of carbonyl (C=O) groups excluding carboxylic acids is 1. The summed E-state index contributed by atoms with van der Waals surface area (Å²) in [4.78, 5) is 13.7. The van der Waals surface area contributed by atoms with Gasteiger partial charge in [-0.3, -0.25) is 9.69 Å². The summed E-state index contributed by atoms with van der Waals surface area (Å²) >= 11 is 0. The number of methoxy groups -OCH3 is 1. The van der Waals surface area contributed by atoms with Crippen molar-refractivity contribution in [2.45, 2.75) is 25.4 Å². The maximum Gasteiger partial charge on any atom is 0.323 e. The number of ether oxygens (including phenoxy) is 1. The molecule has 1 unspecified atom stereocenters. The van der Waals surface area contributed by atoms with Gasteiger partial charge in [-0.25, -0.2) is 0 Å². The molecule has 86 valence electrons. The molecular weight excluding hydrogens is 202 g/mol. The molecule has 0 amide bonds. The van der Waals surface area contributed by atoms with Crippen LogP contribution in [-0.2, 0) is 9.53 Å². The molecule has 0 bridgehead atoms. The number of hydrogen-bond donors (Lipinski definition) is 0. The second-order valence-corrected chi connectivity index (χ2v) is 4.15. The van der Waals surface area contributed by atoms with E-state index in [1.165, 1.54) is 12.7 Å². The van der Waals surface area contributed by atoms with Crippen LogP contribution in [0.4, 0.5) is 0 Å². The van der Waals surface area contributed by atoms with Crippen LogP contribution in [0.15, 0.2) is 30.3 Å². The average Bonchev–Trinajstić information content (AvgIpc) is 2.28. The summed E-state index contributed by atoms with van der Waals surface area (Å²) in [6.07, 6.45) is 0.907. The molecule has 1 fully saturated rings. The minimum absolute atomic E-state index is 0.0554. The van der Waals surface area contributed by atoms with Crippen LogP contribution < -0.4 is 0 Å². The van der Waals surface area contributed by atoms with Gasteiger partial charge in [-0.2, -0.15) is 0 Å². The molecule has 3 heteroatoms. The quantitative estimate of drug-likeness (QED) is 0.728. The maximum atomic E-state index is 11.5. The highest BCUT2D eigenvalue weighted by atomic mass is 16.5. The molecule has 1 aromatic carbocycles. The van der Waals surface area contributed by atoms with Crippen molar-refractivity contribution in [1.29, 1.82) is 0 Å². The average molecular weight is 219 g/mol. The lowest BCUT2D eigenvalue weighted by molar-refractivity contribution is -0.153. The van der Waals surface area contributed by atoms with Gasteiger partial charge in [-0.15, -0.1) is 0 Å². The number of carbonyl (C=O) groups is 1. The highest BCUT2D eigenvalue weighted by Crippen LogP contribution is 2.30. The Balaban J connectivity index is 2.06. The third kappa shape index (κ3) is 1.95. The fraction of sp³-hybridized carbons (Fsp3) is 0.462. The van der Waals surface area contributed by atoms with E-state index in [9.17, 15) is 4.79 Å². The van der Waals surface area contributed by atoms with Gasteiger partial charge < -0.3 is 4.74 Å². The van der Waals surface area contributed by atoms with Gasteiger partial charge in [0.05, 0.1) is 7.11 Å². The molecule has 2 rings (SSSR count). The van der Waals surface area contributed by atoms with Crippen LogP contribution >= 0.6 is 0 Å². The molecule has 0 saturated carbocycles. The molecule has 1 heterocycles. The van der Waals surface area contributed by atoms with E-state index in [1.54, 1.807) is 0 Å². The SMILES string of the molecule is COC(=O)C1CCN1[C@@H](C)c1ccccc1. The number of likely N-dealkylation sites (tertiary alicyclic amines) is 1. The zero-order chi connectivity index (χ0) is 11.5. The minimum atomic E-state index is -0.117. The largest absolute Gasteiger partial charge is 0.468 e. The second kappa shape index (κ2) is 4.66. The number of nitrogens with zero attached hydrogens (tertiary/aromatic N) is 1. The maximum absolute atomic E-state index is 11.5. The normalized spacial score (nSPS) is 22.2. The first-order valence-electron chi connectivity index (χ1n) is 5.62. The third-order valence-corrected chi connectivity index (χ3v) is 3.31. The minimum Gasteiger partial charge on any atom is -0.468 e. The number of benzene rings is 1. The Morgan fingerprint density at radius 1 is 1.44 bits per heavy atom. The fourth-order valence-electron chi connectivity index (χ4n) is 2.18. The van der Waals surface area contributed by atoms with E-state index in [0.717, 1.165) is 13.0 Å². The summed E-state index contributed by atoms with van der Waals surface area (Å²) in [6, 6.07) is 10.5. The number of hydrogen-bond acceptors (Lipinski definition) is 3. The molecule has 0 N–H and O–H groups in total. The van der Waals surface area contributed by atoms with Gasteiger partial charge in [-0.05, 0) is 18.9 Å². The van der Waals surface area contributed by atoms with Gasteiger partial charge in [0, 0.05) is 12.6 Å². The number of esters is 1.